The van der Waals surface area contributed by atoms with E-state index in [9.17, 15) is 5.11 Å². The lowest BCUT2D eigenvalue weighted by atomic mass is 9.91. The van der Waals surface area contributed by atoms with Gasteiger partial charge in [0.05, 0.1) is 12.2 Å². The summed E-state index contributed by atoms with van der Waals surface area (Å²) >= 11 is 0. The first-order valence-electron chi connectivity index (χ1n) is 6.60. The monoisotopic (exact) mass is 231 g/mol. The van der Waals surface area contributed by atoms with Crippen LogP contribution in [0, 0.1) is 0 Å². The van der Waals surface area contributed by atoms with Gasteiger partial charge in [0, 0.05) is 7.11 Å². The molecule has 0 amide bonds. The maximum atomic E-state index is 10.3. The third-order valence-electron chi connectivity index (χ3n) is 3.00. The van der Waals surface area contributed by atoms with Crippen LogP contribution in [0.25, 0.3) is 0 Å². The molecule has 16 heavy (non-hydrogen) atoms. The van der Waals surface area contributed by atoms with E-state index in [-0.39, 0.29) is 0 Å². The molecule has 0 radical (unpaired) electrons. The minimum Gasteiger partial charge on any atom is -0.387 e. The van der Waals surface area contributed by atoms with E-state index in [1.807, 2.05) is 0 Å². The average molecular weight is 231 g/mol. The summed E-state index contributed by atoms with van der Waals surface area (Å²) in [7, 11) is 1.64. The highest BCUT2D eigenvalue weighted by molar-refractivity contribution is 4.78. The molecule has 1 atom stereocenters. The Morgan fingerprint density at radius 2 is 1.69 bits per heavy atom. The molecule has 0 aliphatic carbocycles. The van der Waals surface area contributed by atoms with Crippen molar-refractivity contribution in [3.63, 3.8) is 0 Å². The second-order valence-corrected chi connectivity index (χ2v) is 4.71. The molecule has 0 bridgehead atoms. The van der Waals surface area contributed by atoms with Gasteiger partial charge in [-0.25, -0.2) is 0 Å². The first kappa shape index (κ1) is 15.9. The zero-order valence-corrected chi connectivity index (χ0v) is 11.0. The number of methoxy groups -OCH3 is 1. The maximum Gasteiger partial charge on any atom is 0.0880 e. The topological polar surface area (TPSA) is 55.5 Å². The van der Waals surface area contributed by atoms with Crippen LogP contribution in [0.3, 0.4) is 0 Å². The number of unbranched alkanes of at least 4 members (excludes halogenated alkanes) is 4. The van der Waals surface area contributed by atoms with Crippen LogP contribution < -0.4 is 5.73 Å². The summed E-state index contributed by atoms with van der Waals surface area (Å²) < 4.78 is 5.09. The van der Waals surface area contributed by atoms with E-state index in [4.69, 9.17) is 10.5 Å². The molecule has 0 aromatic heterocycles. The molecule has 0 saturated carbocycles. The normalized spacial score (nSPS) is 15.0. The van der Waals surface area contributed by atoms with Crippen LogP contribution in [0.2, 0.25) is 0 Å². The summed E-state index contributed by atoms with van der Waals surface area (Å²) in [5.74, 6) is 0. The smallest absolute Gasteiger partial charge is 0.0880 e. The molecule has 98 valence electrons. The van der Waals surface area contributed by atoms with Gasteiger partial charge in [0.2, 0.25) is 0 Å². The molecule has 0 heterocycles. The molecular weight excluding hydrogens is 202 g/mol. The minimum atomic E-state index is -0.652. The van der Waals surface area contributed by atoms with Gasteiger partial charge in [0.1, 0.15) is 0 Å². The van der Waals surface area contributed by atoms with E-state index in [2.05, 4.69) is 6.92 Å². The summed E-state index contributed by atoms with van der Waals surface area (Å²) in [5, 5.41) is 10.3. The number of hydrogen-bond donors (Lipinski definition) is 2. The fourth-order valence-corrected chi connectivity index (χ4v) is 2.03. The zero-order valence-electron chi connectivity index (χ0n) is 11.0. The minimum absolute atomic E-state index is 0.431. The Kier molecular flexibility index (Phi) is 9.99. The predicted molar refractivity (Wildman–Crippen MR) is 68.5 cm³/mol. The predicted octanol–water partition coefficient (Wildman–Crippen LogP) is 2.46. The van der Waals surface area contributed by atoms with Gasteiger partial charge in [0.15, 0.2) is 0 Å². The lowest BCUT2D eigenvalue weighted by molar-refractivity contribution is -0.0454. The second kappa shape index (κ2) is 10.1. The molecule has 0 spiro atoms. The largest absolute Gasteiger partial charge is 0.387 e. The summed E-state index contributed by atoms with van der Waals surface area (Å²) in [6.07, 6.45) is 8.59. The Balaban J connectivity index is 3.73. The van der Waals surface area contributed by atoms with Crippen LogP contribution in [0.15, 0.2) is 0 Å². The summed E-state index contributed by atoms with van der Waals surface area (Å²) in [6.45, 7) is 3.28. The summed E-state index contributed by atoms with van der Waals surface area (Å²) in [6, 6.07) is 0. The Morgan fingerprint density at radius 1 is 1.06 bits per heavy atom. The highest BCUT2D eigenvalue weighted by atomic mass is 16.5. The fourth-order valence-electron chi connectivity index (χ4n) is 2.03. The lowest BCUT2D eigenvalue weighted by Gasteiger charge is -2.27. The van der Waals surface area contributed by atoms with Crippen molar-refractivity contribution >= 4 is 0 Å². The van der Waals surface area contributed by atoms with E-state index >= 15 is 0 Å². The van der Waals surface area contributed by atoms with Gasteiger partial charge >= 0.3 is 0 Å². The Hall–Kier alpha value is -0.120. The molecular formula is C13H29NO2. The Labute approximate surface area is 100 Å². The van der Waals surface area contributed by atoms with Crippen LogP contribution in [0.1, 0.15) is 58.3 Å². The zero-order chi connectivity index (χ0) is 12.3. The van der Waals surface area contributed by atoms with Crippen molar-refractivity contribution in [2.75, 3.05) is 20.3 Å². The average Bonchev–Trinajstić information content (AvgIpc) is 2.27. The first-order valence-corrected chi connectivity index (χ1v) is 6.60. The van der Waals surface area contributed by atoms with Crippen molar-refractivity contribution in [2.45, 2.75) is 63.9 Å². The van der Waals surface area contributed by atoms with Crippen LogP contribution in [-0.2, 0) is 4.74 Å². The fraction of sp³-hybridized carbons (Fsp3) is 1.00. The van der Waals surface area contributed by atoms with E-state index in [1.165, 1.54) is 25.7 Å². The molecule has 0 saturated heterocycles. The van der Waals surface area contributed by atoms with E-state index in [0.29, 0.717) is 13.2 Å². The molecule has 3 heteroatoms. The van der Waals surface area contributed by atoms with Crippen molar-refractivity contribution < 1.29 is 9.84 Å². The molecule has 1 unspecified atom stereocenters. The van der Waals surface area contributed by atoms with Crippen molar-refractivity contribution in [1.29, 1.82) is 0 Å². The van der Waals surface area contributed by atoms with Crippen molar-refractivity contribution in [1.82, 2.24) is 0 Å². The van der Waals surface area contributed by atoms with Crippen LogP contribution in [0.5, 0.6) is 0 Å². The van der Waals surface area contributed by atoms with Gasteiger partial charge < -0.3 is 15.6 Å². The third kappa shape index (κ3) is 8.08. The molecule has 3 nitrogen and oxygen atoms in total. The molecule has 0 fully saturated rings. The van der Waals surface area contributed by atoms with E-state index < -0.39 is 5.60 Å². The standard InChI is InChI=1S/C13H29NO2/c1-3-4-5-6-7-9-13(15,12-16-2)10-8-11-14/h15H,3-12,14H2,1-2H3. The number of rotatable bonds is 11. The summed E-state index contributed by atoms with van der Waals surface area (Å²) in [4.78, 5) is 0. The number of nitrogens with two attached hydrogens (primary N) is 1. The van der Waals surface area contributed by atoms with Crippen molar-refractivity contribution in [2.24, 2.45) is 5.73 Å². The quantitative estimate of drug-likeness (QED) is 0.537. The van der Waals surface area contributed by atoms with Crippen molar-refractivity contribution in [3.05, 3.63) is 0 Å². The second-order valence-electron chi connectivity index (χ2n) is 4.71. The molecule has 0 aromatic carbocycles. The van der Waals surface area contributed by atoms with E-state index in [1.54, 1.807) is 7.11 Å². The molecule has 0 aliphatic rings. The van der Waals surface area contributed by atoms with Crippen LogP contribution in [0.4, 0.5) is 0 Å². The number of hydrogen-bond acceptors (Lipinski definition) is 3. The third-order valence-corrected chi connectivity index (χ3v) is 3.00. The molecule has 0 rings (SSSR count). The van der Waals surface area contributed by atoms with Gasteiger partial charge in [0.25, 0.3) is 0 Å². The van der Waals surface area contributed by atoms with Crippen molar-refractivity contribution in [3.8, 4) is 0 Å². The Bertz CT molecular complexity index is 153. The maximum absolute atomic E-state index is 10.3. The van der Waals surface area contributed by atoms with Gasteiger partial charge in [-0.1, -0.05) is 39.0 Å². The molecule has 3 N–H and O–H groups in total. The Morgan fingerprint density at radius 3 is 2.25 bits per heavy atom. The van der Waals surface area contributed by atoms with E-state index in [0.717, 1.165) is 25.7 Å². The van der Waals surface area contributed by atoms with Gasteiger partial charge in [-0.3, -0.25) is 0 Å². The highest BCUT2D eigenvalue weighted by Gasteiger charge is 2.25. The highest BCUT2D eigenvalue weighted by Crippen LogP contribution is 2.21. The summed E-state index contributed by atoms with van der Waals surface area (Å²) in [5.41, 5.74) is 4.82. The van der Waals surface area contributed by atoms with Gasteiger partial charge in [-0.15, -0.1) is 0 Å². The SMILES string of the molecule is CCCCCCCC(O)(CCCN)COC. The van der Waals surface area contributed by atoms with Crippen LogP contribution >= 0.6 is 0 Å². The first-order chi connectivity index (χ1) is 7.68. The molecule has 0 aliphatic heterocycles. The van der Waals surface area contributed by atoms with Gasteiger partial charge in [-0.05, 0) is 25.8 Å². The lowest BCUT2D eigenvalue weighted by Crippen LogP contribution is -2.34. The number of ether oxygens (including phenoxy) is 1. The van der Waals surface area contributed by atoms with Gasteiger partial charge in [-0.2, -0.15) is 0 Å². The number of aliphatic hydroxyl groups is 1. The molecule has 0 aromatic rings. The van der Waals surface area contributed by atoms with Crippen LogP contribution in [-0.4, -0.2) is 31.0 Å².